The Labute approximate surface area is 304 Å². The fraction of sp³-hybridized carbons (Fsp3) is 0.371. The van der Waals surface area contributed by atoms with Crippen molar-refractivity contribution in [1.82, 2.24) is 36.9 Å². The highest BCUT2D eigenvalue weighted by molar-refractivity contribution is 5.99. The van der Waals surface area contributed by atoms with E-state index in [0.29, 0.717) is 12.0 Å². The summed E-state index contributed by atoms with van der Waals surface area (Å²) in [5.74, 6) is -4.68. The molecule has 5 atom stereocenters. The number of hydrogen-bond acceptors (Lipinski definition) is 8. The molecule has 2 aromatic carbocycles. The molecule has 282 valence electrons. The molecule has 1 aliphatic rings. The second-order valence-electron chi connectivity index (χ2n) is 12.6. The first-order valence-electron chi connectivity index (χ1n) is 17.0. The zero-order valence-corrected chi connectivity index (χ0v) is 29.1. The maximum Gasteiger partial charge on any atom is 0.243 e. The van der Waals surface area contributed by atoms with Crippen LogP contribution in [0.2, 0.25) is 0 Å². The van der Waals surface area contributed by atoms with E-state index >= 15 is 0 Å². The molecular weight excluding hydrogens is 686 g/mol. The van der Waals surface area contributed by atoms with E-state index in [1.165, 1.54) is 6.92 Å². The fourth-order valence-corrected chi connectivity index (χ4v) is 5.89. The van der Waals surface area contributed by atoms with Gasteiger partial charge in [0.15, 0.2) is 5.96 Å². The third kappa shape index (κ3) is 11.8. The number of aliphatic imine (C=N–C) groups is 1. The van der Waals surface area contributed by atoms with Gasteiger partial charge in [-0.2, -0.15) is 0 Å². The molecule has 0 aliphatic carbocycles. The molecular formula is C35H45N11O7. The Morgan fingerprint density at radius 2 is 1.55 bits per heavy atom. The zero-order chi connectivity index (χ0) is 38.5. The predicted octanol–water partition coefficient (Wildman–Crippen LogP) is -2.54. The molecule has 4 rings (SSSR count). The summed E-state index contributed by atoms with van der Waals surface area (Å²) in [6, 6.07) is 10.6. The van der Waals surface area contributed by atoms with E-state index in [-0.39, 0.29) is 38.2 Å². The van der Waals surface area contributed by atoms with Crippen LogP contribution in [0.25, 0.3) is 10.9 Å². The lowest BCUT2D eigenvalue weighted by Gasteiger charge is -2.24. The van der Waals surface area contributed by atoms with Crippen LogP contribution in [0.5, 0.6) is 0 Å². The minimum atomic E-state index is -1.17. The molecule has 0 saturated carbocycles. The third-order valence-corrected chi connectivity index (χ3v) is 8.46. The van der Waals surface area contributed by atoms with Crippen molar-refractivity contribution >= 4 is 58.2 Å². The van der Waals surface area contributed by atoms with Crippen molar-refractivity contribution in [2.24, 2.45) is 22.2 Å². The number of primary amides is 1. The van der Waals surface area contributed by atoms with Crippen LogP contribution in [0.1, 0.15) is 37.3 Å². The van der Waals surface area contributed by atoms with Gasteiger partial charge in [0.1, 0.15) is 30.2 Å². The highest BCUT2D eigenvalue weighted by atomic mass is 16.2. The lowest BCUT2D eigenvalue weighted by Crippen LogP contribution is -2.56. The van der Waals surface area contributed by atoms with Gasteiger partial charge in [-0.05, 0) is 30.0 Å². The molecule has 3 aromatic rings. The number of para-hydroxylation sites is 1. The van der Waals surface area contributed by atoms with E-state index in [1.54, 1.807) is 36.5 Å². The number of nitrogens with zero attached hydrogens (tertiary/aromatic N) is 1. The van der Waals surface area contributed by atoms with Crippen LogP contribution in [0, 0.1) is 0 Å². The Kier molecular flexibility index (Phi) is 13.9. The Balaban J connectivity index is 1.45. The average molecular weight is 732 g/mol. The predicted molar refractivity (Wildman–Crippen MR) is 194 cm³/mol. The van der Waals surface area contributed by atoms with Crippen LogP contribution in [0.4, 0.5) is 0 Å². The Morgan fingerprint density at radius 3 is 2.25 bits per heavy atom. The van der Waals surface area contributed by atoms with Gasteiger partial charge in [0, 0.05) is 49.8 Å². The van der Waals surface area contributed by atoms with Crippen molar-refractivity contribution in [2.45, 2.75) is 69.2 Å². The van der Waals surface area contributed by atoms with Crippen molar-refractivity contribution in [3.8, 4) is 0 Å². The van der Waals surface area contributed by atoms with Gasteiger partial charge in [0.05, 0.1) is 6.54 Å². The number of carbonyl (C=O) groups is 7. The largest absolute Gasteiger partial charge is 0.370 e. The van der Waals surface area contributed by atoms with E-state index in [0.717, 1.165) is 16.5 Å². The SMILES string of the molecule is CC(=O)N[C@@H](CCCN=C(N)N)C(=O)N[C@@H](Cc1ccccc1)C(=O)N[C@@H]1C[C@@H](C(=O)N[C@@H](Cc2c[nH]c3ccccc23)C(=O)NCC(N)=O)NC1=O. The summed E-state index contributed by atoms with van der Waals surface area (Å²) < 4.78 is 0. The van der Waals surface area contributed by atoms with Gasteiger partial charge < -0.3 is 54.1 Å². The summed E-state index contributed by atoms with van der Waals surface area (Å²) in [5.41, 5.74) is 18.2. The molecule has 0 radical (unpaired) electrons. The number of carbonyl (C=O) groups excluding carboxylic acids is 7. The number of nitrogens with one attached hydrogen (secondary N) is 7. The molecule has 1 aliphatic heterocycles. The number of aromatic amines is 1. The van der Waals surface area contributed by atoms with Crippen LogP contribution in [-0.4, -0.2) is 95.6 Å². The molecule has 18 heteroatoms. The number of nitrogens with two attached hydrogens (primary N) is 3. The number of amides is 7. The molecule has 53 heavy (non-hydrogen) atoms. The number of H-pyrrole nitrogens is 1. The normalized spacial score (nSPS) is 16.7. The Bertz CT molecular complexity index is 1840. The van der Waals surface area contributed by atoms with Gasteiger partial charge in [0.2, 0.25) is 41.4 Å². The van der Waals surface area contributed by atoms with Gasteiger partial charge >= 0.3 is 0 Å². The van der Waals surface area contributed by atoms with E-state index < -0.39 is 78.1 Å². The van der Waals surface area contributed by atoms with Crippen LogP contribution in [-0.2, 0) is 46.4 Å². The molecule has 18 nitrogen and oxygen atoms in total. The quantitative estimate of drug-likeness (QED) is 0.0374. The van der Waals surface area contributed by atoms with Crippen LogP contribution < -0.4 is 49.1 Å². The first-order valence-corrected chi connectivity index (χ1v) is 17.0. The van der Waals surface area contributed by atoms with Crippen molar-refractivity contribution in [1.29, 1.82) is 0 Å². The lowest BCUT2D eigenvalue weighted by molar-refractivity contribution is -0.133. The second kappa shape index (κ2) is 18.7. The number of benzene rings is 2. The first kappa shape index (κ1) is 39.3. The summed E-state index contributed by atoms with van der Waals surface area (Å²) in [7, 11) is 0. The van der Waals surface area contributed by atoms with Crippen LogP contribution in [0.15, 0.2) is 65.8 Å². The Morgan fingerprint density at radius 1 is 0.849 bits per heavy atom. The van der Waals surface area contributed by atoms with Crippen molar-refractivity contribution in [2.75, 3.05) is 13.1 Å². The molecule has 0 unspecified atom stereocenters. The lowest BCUT2D eigenvalue weighted by atomic mass is 10.0. The molecule has 1 saturated heterocycles. The molecule has 1 fully saturated rings. The molecule has 0 spiro atoms. The number of aromatic nitrogens is 1. The van der Waals surface area contributed by atoms with E-state index in [4.69, 9.17) is 17.2 Å². The fourth-order valence-electron chi connectivity index (χ4n) is 5.89. The number of hydrogen-bond donors (Lipinski definition) is 10. The van der Waals surface area contributed by atoms with Crippen LogP contribution in [0.3, 0.4) is 0 Å². The second-order valence-corrected chi connectivity index (χ2v) is 12.6. The standard InChI is InChI=1S/C35H45N11O7/c1-19(47)42-24(12-7-13-39-35(37)38)31(50)43-25(14-20-8-3-2-4-9-20)32(51)45-28-16-27(46-34(28)53)33(52)44-26(30(49)41-18-29(36)48)15-21-17-40-23-11-6-5-10-22(21)23/h2-6,8-11,17,24-28,40H,7,12-16,18H2,1H3,(H2,36,48)(H,41,49)(H,42,47)(H,43,50)(H,44,52)(H,45,51)(H,46,53)(H4,37,38,39)/t24-,25-,26-,27-,28+/m0/s1. The summed E-state index contributed by atoms with van der Waals surface area (Å²) in [5, 5.41) is 16.4. The molecule has 13 N–H and O–H groups in total. The third-order valence-electron chi connectivity index (χ3n) is 8.46. The van der Waals surface area contributed by atoms with Crippen molar-refractivity contribution < 1.29 is 33.6 Å². The topological polar surface area (TPSA) is 298 Å². The van der Waals surface area contributed by atoms with Gasteiger partial charge in [-0.15, -0.1) is 0 Å². The van der Waals surface area contributed by atoms with Crippen molar-refractivity contribution in [3.63, 3.8) is 0 Å². The minimum Gasteiger partial charge on any atom is -0.370 e. The number of fused-ring (bicyclic) bond motifs is 1. The highest BCUT2D eigenvalue weighted by Gasteiger charge is 2.39. The minimum absolute atomic E-state index is 0.0490. The molecule has 1 aromatic heterocycles. The zero-order valence-electron chi connectivity index (χ0n) is 29.1. The van der Waals surface area contributed by atoms with E-state index in [1.807, 2.05) is 24.3 Å². The van der Waals surface area contributed by atoms with E-state index in [2.05, 4.69) is 41.9 Å². The van der Waals surface area contributed by atoms with Gasteiger partial charge in [-0.25, -0.2) is 0 Å². The molecule has 7 amide bonds. The smallest absolute Gasteiger partial charge is 0.243 e. The van der Waals surface area contributed by atoms with Gasteiger partial charge in [-0.1, -0.05) is 48.5 Å². The van der Waals surface area contributed by atoms with Gasteiger partial charge in [-0.3, -0.25) is 38.6 Å². The summed E-state index contributed by atoms with van der Waals surface area (Å²) in [6.45, 7) is 1.03. The number of guanidine groups is 1. The van der Waals surface area contributed by atoms with Crippen LogP contribution >= 0.6 is 0 Å². The highest BCUT2D eigenvalue weighted by Crippen LogP contribution is 2.20. The maximum atomic E-state index is 13.7. The van der Waals surface area contributed by atoms with Crippen molar-refractivity contribution in [3.05, 3.63) is 71.9 Å². The van der Waals surface area contributed by atoms with Gasteiger partial charge in [0.25, 0.3) is 0 Å². The summed E-state index contributed by atoms with van der Waals surface area (Å²) in [4.78, 5) is 96.9. The Hall–Kier alpha value is -6.46. The number of rotatable bonds is 18. The molecule has 0 bridgehead atoms. The first-order chi connectivity index (χ1) is 25.3. The molecule has 2 heterocycles. The summed E-state index contributed by atoms with van der Waals surface area (Å²) >= 11 is 0. The maximum absolute atomic E-state index is 13.7. The average Bonchev–Trinajstić information content (AvgIpc) is 3.70. The monoisotopic (exact) mass is 731 g/mol. The summed E-state index contributed by atoms with van der Waals surface area (Å²) in [6.07, 6.45) is 2.18. The van der Waals surface area contributed by atoms with E-state index in [9.17, 15) is 33.6 Å².